The summed E-state index contributed by atoms with van der Waals surface area (Å²) in [5.74, 6) is -1.06. The fourth-order valence-corrected chi connectivity index (χ4v) is 2.67. The molecule has 2 N–H and O–H groups in total. The molecule has 20 heavy (non-hydrogen) atoms. The third kappa shape index (κ3) is 3.67. The molecule has 0 bridgehead atoms. The summed E-state index contributed by atoms with van der Waals surface area (Å²) in [4.78, 5) is 28.6. The number of hydrogen-bond donors (Lipinski definition) is 2. The monoisotopic (exact) mass is 299 g/mol. The van der Waals surface area contributed by atoms with Crippen molar-refractivity contribution in [3.8, 4) is 0 Å². The summed E-state index contributed by atoms with van der Waals surface area (Å²) in [6, 6.07) is -0.486. The number of carboxylic acid groups (broad SMARTS) is 1. The van der Waals surface area contributed by atoms with Crippen molar-refractivity contribution in [1.82, 2.24) is 15.2 Å². The van der Waals surface area contributed by atoms with Crippen molar-refractivity contribution in [3.05, 3.63) is 16.1 Å². The molecule has 1 aliphatic rings. The highest BCUT2D eigenvalue weighted by Crippen LogP contribution is 2.18. The van der Waals surface area contributed by atoms with E-state index in [0.29, 0.717) is 31.3 Å². The molecule has 1 unspecified atom stereocenters. The zero-order valence-electron chi connectivity index (χ0n) is 11.2. The minimum Gasteiger partial charge on any atom is -0.476 e. The summed E-state index contributed by atoms with van der Waals surface area (Å²) in [5, 5.41) is 13.7. The first-order valence-corrected chi connectivity index (χ1v) is 7.28. The van der Waals surface area contributed by atoms with E-state index in [2.05, 4.69) is 10.3 Å². The molecule has 1 aliphatic heterocycles. The standard InChI is InChI=1S/C12H17N3O4S/c1-8(10-14-9(7-20-10)11(16)17)13-12(18)15-3-2-5-19-6-4-15/h7-8H,2-6H2,1H3,(H,13,18)(H,16,17). The molecular weight excluding hydrogens is 282 g/mol. The highest BCUT2D eigenvalue weighted by atomic mass is 32.1. The van der Waals surface area contributed by atoms with Crippen molar-refractivity contribution in [2.45, 2.75) is 19.4 Å². The Kier molecular flexibility index (Phi) is 4.91. The number of carbonyl (C=O) groups excluding carboxylic acids is 1. The van der Waals surface area contributed by atoms with Crippen LogP contribution in [0.5, 0.6) is 0 Å². The molecule has 1 saturated heterocycles. The van der Waals surface area contributed by atoms with Crippen molar-refractivity contribution in [1.29, 1.82) is 0 Å². The molecule has 0 spiro atoms. The summed E-state index contributed by atoms with van der Waals surface area (Å²) in [5.41, 5.74) is 0.00858. The topological polar surface area (TPSA) is 91.8 Å². The fraction of sp³-hybridized carbons (Fsp3) is 0.583. The van der Waals surface area contributed by atoms with Gasteiger partial charge in [0.1, 0.15) is 5.01 Å². The van der Waals surface area contributed by atoms with Gasteiger partial charge >= 0.3 is 12.0 Å². The van der Waals surface area contributed by atoms with Gasteiger partial charge in [0, 0.05) is 25.1 Å². The van der Waals surface area contributed by atoms with E-state index in [1.165, 1.54) is 16.7 Å². The summed E-state index contributed by atoms with van der Waals surface area (Å²) in [7, 11) is 0. The number of nitrogens with zero attached hydrogens (tertiary/aromatic N) is 2. The molecular formula is C12H17N3O4S. The number of carbonyl (C=O) groups is 2. The Morgan fingerprint density at radius 1 is 1.50 bits per heavy atom. The highest BCUT2D eigenvalue weighted by molar-refractivity contribution is 7.09. The quantitative estimate of drug-likeness (QED) is 0.878. The number of hydrogen-bond acceptors (Lipinski definition) is 5. The Labute approximate surface area is 120 Å². The number of aromatic nitrogens is 1. The molecule has 2 heterocycles. The molecule has 8 heteroatoms. The molecule has 0 radical (unpaired) electrons. The van der Waals surface area contributed by atoms with Crippen molar-refractivity contribution >= 4 is 23.3 Å². The van der Waals surface area contributed by atoms with Crippen LogP contribution in [-0.2, 0) is 4.74 Å². The van der Waals surface area contributed by atoms with E-state index in [0.717, 1.165) is 6.42 Å². The molecule has 1 atom stereocenters. The van der Waals surface area contributed by atoms with Gasteiger partial charge < -0.3 is 20.1 Å². The lowest BCUT2D eigenvalue weighted by atomic mass is 10.3. The lowest BCUT2D eigenvalue weighted by molar-refractivity contribution is 0.0691. The summed E-state index contributed by atoms with van der Waals surface area (Å²) in [6.45, 7) is 4.24. The van der Waals surface area contributed by atoms with Crippen LogP contribution >= 0.6 is 11.3 Å². The summed E-state index contributed by atoms with van der Waals surface area (Å²) in [6.07, 6.45) is 0.822. The predicted molar refractivity (Wildman–Crippen MR) is 73.0 cm³/mol. The van der Waals surface area contributed by atoms with Crippen LogP contribution < -0.4 is 5.32 Å². The first-order chi connectivity index (χ1) is 9.58. The van der Waals surface area contributed by atoms with Gasteiger partial charge in [-0.3, -0.25) is 0 Å². The Hall–Kier alpha value is -1.67. The molecule has 0 aromatic carbocycles. The third-order valence-electron chi connectivity index (χ3n) is 2.96. The fourth-order valence-electron chi connectivity index (χ4n) is 1.87. The second-order valence-electron chi connectivity index (χ2n) is 4.50. The van der Waals surface area contributed by atoms with Gasteiger partial charge in [-0.05, 0) is 13.3 Å². The van der Waals surface area contributed by atoms with Crippen molar-refractivity contribution in [2.24, 2.45) is 0 Å². The number of carboxylic acids is 1. The van der Waals surface area contributed by atoms with Crippen molar-refractivity contribution in [2.75, 3.05) is 26.3 Å². The molecule has 1 aromatic heterocycles. The van der Waals surface area contributed by atoms with Gasteiger partial charge in [0.05, 0.1) is 12.6 Å². The van der Waals surface area contributed by atoms with Gasteiger partial charge in [0.15, 0.2) is 5.69 Å². The average Bonchev–Trinajstić information content (AvgIpc) is 2.75. The van der Waals surface area contributed by atoms with Crippen LogP contribution in [0.4, 0.5) is 4.79 Å². The van der Waals surface area contributed by atoms with Crippen LogP contribution in [0.25, 0.3) is 0 Å². The molecule has 1 aromatic rings. The molecule has 7 nitrogen and oxygen atoms in total. The molecule has 2 amide bonds. The highest BCUT2D eigenvalue weighted by Gasteiger charge is 2.20. The summed E-state index contributed by atoms with van der Waals surface area (Å²) < 4.78 is 5.30. The zero-order chi connectivity index (χ0) is 14.5. The lowest BCUT2D eigenvalue weighted by Gasteiger charge is -2.22. The second kappa shape index (κ2) is 6.67. The Balaban J connectivity index is 1.93. The van der Waals surface area contributed by atoms with Crippen LogP contribution in [0, 0.1) is 0 Å². The predicted octanol–water partition coefficient (Wildman–Crippen LogP) is 1.33. The maximum atomic E-state index is 12.1. The number of nitrogens with one attached hydrogen (secondary N) is 1. The number of urea groups is 1. The maximum Gasteiger partial charge on any atom is 0.355 e. The molecule has 0 saturated carbocycles. The Morgan fingerprint density at radius 3 is 3.00 bits per heavy atom. The van der Waals surface area contributed by atoms with Gasteiger partial charge in [-0.2, -0.15) is 0 Å². The molecule has 110 valence electrons. The number of amides is 2. The minimum atomic E-state index is -1.06. The van der Waals surface area contributed by atoms with Crippen LogP contribution in [0.15, 0.2) is 5.38 Å². The number of rotatable bonds is 3. The number of ether oxygens (including phenoxy) is 1. The third-order valence-corrected chi connectivity index (χ3v) is 3.99. The van der Waals surface area contributed by atoms with Crippen LogP contribution in [0.2, 0.25) is 0 Å². The SMILES string of the molecule is CC(NC(=O)N1CCCOCC1)c1nc(C(=O)O)cs1. The van der Waals surface area contributed by atoms with Gasteiger partial charge in [0.25, 0.3) is 0 Å². The van der Waals surface area contributed by atoms with Crippen molar-refractivity contribution < 1.29 is 19.4 Å². The molecule has 1 fully saturated rings. The maximum absolute atomic E-state index is 12.1. The van der Waals surface area contributed by atoms with Crippen LogP contribution in [-0.4, -0.2) is 53.3 Å². The Bertz CT molecular complexity index is 483. The van der Waals surface area contributed by atoms with Crippen LogP contribution in [0.1, 0.15) is 34.9 Å². The zero-order valence-corrected chi connectivity index (χ0v) is 12.0. The van der Waals surface area contributed by atoms with Gasteiger partial charge in [-0.15, -0.1) is 11.3 Å². The summed E-state index contributed by atoms with van der Waals surface area (Å²) >= 11 is 1.23. The van der Waals surface area contributed by atoms with E-state index < -0.39 is 5.97 Å². The van der Waals surface area contributed by atoms with E-state index in [4.69, 9.17) is 9.84 Å². The van der Waals surface area contributed by atoms with Gasteiger partial charge in [-0.25, -0.2) is 14.6 Å². The lowest BCUT2D eigenvalue weighted by Crippen LogP contribution is -2.42. The van der Waals surface area contributed by atoms with E-state index in [1.54, 1.807) is 11.8 Å². The van der Waals surface area contributed by atoms with E-state index in [1.807, 2.05) is 0 Å². The first kappa shape index (κ1) is 14.7. The van der Waals surface area contributed by atoms with Crippen LogP contribution in [0.3, 0.4) is 0 Å². The van der Waals surface area contributed by atoms with E-state index in [9.17, 15) is 9.59 Å². The van der Waals surface area contributed by atoms with Gasteiger partial charge in [-0.1, -0.05) is 0 Å². The van der Waals surface area contributed by atoms with Gasteiger partial charge in [0.2, 0.25) is 0 Å². The number of thiazole rings is 1. The van der Waals surface area contributed by atoms with E-state index in [-0.39, 0.29) is 17.8 Å². The second-order valence-corrected chi connectivity index (χ2v) is 5.39. The smallest absolute Gasteiger partial charge is 0.355 e. The van der Waals surface area contributed by atoms with Crippen molar-refractivity contribution in [3.63, 3.8) is 0 Å². The normalized spacial score (nSPS) is 17.4. The number of aromatic carboxylic acids is 1. The Morgan fingerprint density at radius 2 is 2.30 bits per heavy atom. The largest absolute Gasteiger partial charge is 0.476 e. The minimum absolute atomic E-state index is 0.00858. The first-order valence-electron chi connectivity index (χ1n) is 6.40. The molecule has 0 aliphatic carbocycles. The average molecular weight is 299 g/mol. The van der Waals surface area contributed by atoms with E-state index >= 15 is 0 Å². The molecule has 2 rings (SSSR count).